The third-order valence-electron chi connectivity index (χ3n) is 2.75. The summed E-state index contributed by atoms with van der Waals surface area (Å²) >= 11 is 5.83. The molecule has 2 atom stereocenters. The van der Waals surface area contributed by atoms with E-state index in [4.69, 9.17) is 16.7 Å². The van der Waals surface area contributed by atoms with E-state index < -0.39 is 0 Å². The van der Waals surface area contributed by atoms with Crippen LogP contribution >= 0.6 is 11.6 Å². The summed E-state index contributed by atoms with van der Waals surface area (Å²) in [6, 6.07) is 8.31. The normalized spacial score (nSPS) is 25.5. The molecule has 0 aliphatic carbocycles. The number of hydrogen-bond acceptors (Lipinski definition) is 2. The van der Waals surface area contributed by atoms with Gasteiger partial charge >= 0.3 is 0 Å². The van der Waals surface area contributed by atoms with E-state index in [1.165, 1.54) is 5.56 Å². The van der Waals surface area contributed by atoms with Crippen molar-refractivity contribution in [3.63, 3.8) is 0 Å². The standard InChI is InChI=1S/C12H14ClNO/c13-10-5-3-9(4-6-10)11-8-14-12(11)2-1-7-15/h1-6,11-12,14-15H,7-8H2/b2-1+/t11-,12+/m1/s1. The van der Waals surface area contributed by atoms with Crippen molar-refractivity contribution >= 4 is 11.6 Å². The van der Waals surface area contributed by atoms with Gasteiger partial charge in [-0.1, -0.05) is 35.9 Å². The number of aliphatic hydroxyl groups is 1. The molecule has 0 spiro atoms. The molecule has 80 valence electrons. The summed E-state index contributed by atoms with van der Waals surface area (Å²) in [7, 11) is 0. The van der Waals surface area contributed by atoms with Crippen LogP contribution in [0.1, 0.15) is 11.5 Å². The van der Waals surface area contributed by atoms with Gasteiger partial charge in [-0.3, -0.25) is 0 Å². The van der Waals surface area contributed by atoms with Crippen molar-refractivity contribution in [2.45, 2.75) is 12.0 Å². The Bertz CT molecular complexity index is 347. The molecule has 1 aliphatic heterocycles. The molecule has 1 saturated heterocycles. The van der Waals surface area contributed by atoms with Crippen molar-refractivity contribution in [1.29, 1.82) is 0 Å². The summed E-state index contributed by atoms with van der Waals surface area (Å²) in [5, 5.41) is 12.8. The molecule has 0 amide bonds. The summed E-state index contributed by atoms with van der Waals surface area (Å²) < 4.78 is 0. The predicted octanol–water partition coefficient (Wildman–Crippen LogP) is 1.94. The smallest absolute Gasteiger partial charge is 0.0612 e. The minimum atomic E-state index is 0.103. The molecule has 0 unspecified atom stereocenters. The lowest BCUT2D eigenvalue weighted by Gasteiger charge is -2.36. The summed E-state index contributed by atoms with van der Waals surface area (Å²) in [6.07, 6.45) is 3.79. The SMILES string of the molecule is OC/C=C/[C@@H]1NC[C@@H]1c1ccc(Cl)cc1. The van der Waals surface area contributed by atoms with E-state index in [2.05, 4.69) is 17.4 Å². The maximum atomic E-state index is 8.70. The van der Waals surface area contributed by atoms with Crippen molar-refractivity contribution in [3.05, 3.63) is 47.0 Å². The first-order chi connectivity index (χ1) is 7.31. The van der Waals surface area contributed by atoms with Gasteiger partial charge in [-0.05, 0) is 17.7 Å². The average Bonchev–Trinajstić information content (AvgIpc) is 2.20. The van der Waals surface area contributed by atoms with Gasteiger partial charge in [-0.25, -0.2) is 0 Å². The molecule has 15 heavy (non-hydrogen) atoms. The molecule has 1 aliphatic rings. The molecule has 2 N–H and O–H groups in total. The van der Waals surface area contributed by atoms with Gasteiger partial charge < -0.3 is 10.4 Å². The Morgan fingerprint density at radius 1 is 1.40 bits per heavy atom. The van der Waals surface area contributed by atoms with Gasteiger partial charge in [0.1, 0.15) is 0 Å². The van der Waals surface area contributed by atoms with Crippen LogP contribution in [0.2, 0.25) is 5.02 Å². The van der Waals surface area contributed by atoms with Crippen molar-refractivity contribution in [2.75, 3.05) is 13.2 Å². The zero-order chi connectivity index (χ0) is 10.7. The second kappa shape index (κ2) is 4.79. The number of halogens is 1. The highest BCUT2D eigenvalue weighted by atomic mass is 35.5. The van der Waals surface area contributed by atoms with Gasteiger partial charge in [0.15, 0.2) is 0 Å². The van der Waals surface area contributed by atoms with E-state index >= 15 is 0 Å². The van der Waals surface area contributed by atoms with Crippen molar-refractivity contribution < 1.29 is 5.11 Å². The van der Waals surface area contributed by atoms with Crippen LogP contribution in [-0.2, 0) is 0 Å². The lowest BCUT2D eigenvalue weighted by molar-refractivity contribution is 0.335. The molecule has 0 radical (unpaired) electrons. The second-order valence-electron chi connectivity index (χ2n) is 3.70. The highest BCUT2D eigenvalue weighted by Crippen LogP contribution is 2.27. The molecule has 2 nitrogen and oxygen atoms in total. The maximum Gasteiger partial charge on any atom is 0.0612 e. The molecular formula is C12H14ClNO. The minimum absolute atomic E-state index is 0.103. The van der Waals surface area contributed by atoms with E-state index in [9.17, 15) is 0 Å². The van der Waals surface area contributed by atoms with E-state index in [0.717, 1.165) is 11.6 Å². The monoisotopic (exact) mass is 223 g/mol. The number of hydrogen-bond donors (Lipinski definition) is 2. The highest BCUT2D eigenvalue weighted by Gasteiger charge is 2.28. The van der Waals surface area contributed by atoms with Crippen LogP contribution in [0.25, 0.3) is 0 Å². The average molecular weight is 224 g/mol. The minimum Gasteiger partial charge on any atom is -0.392 e. The Kier molecular flexibility index (Phi) is 3.41. The third kappa shape index (κ3) is 2.40. The van der Waals surface area contributed by atoms with Crippen LogP contribution in [0.3, 0.4) is 0 Å². The molecule has 3 heteroatoms. The van der Waals surface area contributed by atoms with Gasteiger partial charge in [-0.15, -0.1) is 0 Å². The first-order valence-electron chi connectivity index (χ1n) is 5.07. The molecule has 0 saturated carbocycles. The Balaban J connectivity index is 2.05. The van der Waals surface area contributed by atoms with Crippen molar-refractivity contribution in [3.8, 4) is 0 Å². The number of aliphatic hydroxyl groups excluding tert-OH is 1. The first kappa shape index (κ1) is 10.7. The van der Waals surface area contributed by atoms with E-state index in [1.807, 2.05) is 18.2 Å². The molecule has 2 rings (SSSR count). The fourth-order valence-corrected chi connectivity index (χ4v) is 1.94. The van der Waals surface area contributed by atoms with E-state index in [-0.39, 0.29) is 6.61 Å². The van der Waals surface area contributed by atoms with Crippen LogP contribution in [-0.4, -0.2) is 24.3 Å². The van der Waals surface area contributed by atoms with Crippen LogP contribution in [0, 0.1) is 0 Å². The van der Waals surface area contributed by atoms with Crippen LogP contribution in [0.15, 0.2) is 36.4 Å². The number of nitrogens with one attached hydrogen (secondary N) is 1. The van der Waals surface area contributed by atoms with Gasteiger partial charge in [0.05, 0.1) is 6.61 Å². The van der Waals surface area contributed by atoms with Gasteiger partial charge in [0.2, 0.25) is 0 Å². The Morgan fingerprint density at radius 3 is 2.67 bits per heavy atom. The van der Waals surface area contributed by atoms with Crippen LogP contribution < -0.4 is 5.32 Å². The van der Waals surface area contributed by atoms with Crippen molar-refractivity contribution in [1.82, 2.24) is 5.32 Å². The second-order valence-corrected chi connectivity index (χ2v) is 4.14. The number of rotatable bonds is 3. The summed E-state index contributed by atoms with van der Waals surface area (Å²) in [5.74, 6) is 0.505. The molecule has 1 heterocycles. The number of benzene rings is 1. The molecule has 1 aromatic carbocycles. The van der Waals surface area contributed by atoms with Crippen molar-refractivity contribution in [2.24, 2.45) is 0 Å². The van der Waals surface area contributed by atoms with E-state index in [0.29, 0.717) is 12.0 Å². The Morgan fingerprint density at radius 2 is 2.13 bits per heavy atom. The predicted molar refractivity (Wildman–Crippen MR) is 62.2 cm³/mol. The van der Waals surface area contributed by atoms with Gasteiger partial charge in [-0.2, -0.15) is 0 Å². The fraction of sp³-hybridized carbons (Fsp3) is 0.333. The Labute approximate surface area is 94.6 Å². The summed E-state index contributed by atoms with van der Waals surface area (Å²) in [6.45, 7) is 1.09. The molecule has 1 aromatic rings. The first-order valence-corrected chi connectivity index (χ1v) is 5.45. The van der Waals surface area contributed by atoms with Crippen LogP contribution in [0.4, 0.5) is 0 Å². The third-order valence-corrected chi connectivity index (χ3v) is 3.01. The van der Waals surface area contributed by atoms with Crippen LogP contribution in [0.5, 0.6) is 0 Å². The molecule has 1 fully saturated rings. The quantitative estimate of drug-likeness (QED) is 0.768. The lowest BCUT2D eigenvalue weighted by atomic mass is 9.85. The maximum absolute atomic E-state index is 8.70. The topological polar surface area (TPSA) is 32.3 Å². The van der Waals surface area contributed by atoms with Gasteiger partial charge in [0.25, 0.3) is 0 Å². The zero-order valence-electron chi connectivity index (χ0n) is 8.36. The summed E-state index contributed by atoms with van der Waals surface area (Å²) in [4.78, 5) is 0. The molecular weight excluding hydrogens is 210 g/mol. The van der Waals surface area contributed by atoms with Gasteiger partial charge in [0, 0.05) is 23.5 Å². The van der Waals surface area contributed by atoms with E-state index in [1.54, 1.807) is 6.08 Å². The molecule has 0 aromatic heterocycles. The zero-order valence-corrected chi connectivity index (χ0v) is 9.11. The largest absolute Gasteiger partial charge is 0.392 e. The fourth-order valence-electron chi connectivity index (χ4n) is 1.82. The Hall–Kier alpha value is -0.830. The molecule has 0 bridgehead atoms. The highest BCUT2D eigenvalue weighted by molar-refractivity contribution is 6.30. The summed E-state index contributed by atoms with van der Waals surface area (Å²) in [5.41, 5.74) is 1.30. The lowest BCUT2D eigenvalue weighted by Crippen LogP contribution is -2.49.